The number of anilines is 1. The number of hydrogen-bond acceptors (Lipinski definition) is 5. The number of rotatable bonds is 7. The Bertz CT molecular complexity index is 1040. The van der Waals surface area contributed by atoms with E-state index >= 15 is 0 Å². The fourth-order valence-electron chi connectivity index (χ4n) is 3.83. The van der Waals surface area contributed by atoms with Crippen molar-refractivity contribution in [3.05, 3.63) is 48.0 Å². The lowest BCUT2D eigenvalue weighted by Crippen LogP contribution is -2.46. The predicted molar refractivity (Wildman–Crippen MR) is 120 cm³/mol. The molecule has 2 aromatic carbocycles. The van der Waals surface area contributed by atoms with Gasteiger partial charge in [-0.25, -0.2) is 8.42 Å². The van der Waals surface area contributed by atoms with Crippen molar-refractivity contribution in [3.8, 4) is 11.5 Å². The summed E-state index contributed by atoms with van der Waals surface area (Å²) in [5.74, 6) is 0.837. The van der Waals surface area contributed by atoms with E-state index in [1.165, 1.54) is 4.31 Å². The van der Waals surface area contributed by atoms with Crippen LogP contribution >= 0.6 is 0 Å². The number of nitrogens with zero attached hydrogens (tertiary/aromatic N) is 2. The van der Waals surface area contributed by atoms with Crippen molar-refractivity contribution in [2.24, 2.45) is 5.92 Å². The van der Waals surface area contributed by atoms with Gasteiger partial charge in [0.05, 0.1) is 24.5 Å². The number of methoxy groups -OCH3 is 1. The molecule has 168 valence electrons. The lowest BCUT2D eigenvalue weighted by molar-refractivity contribution is -0.123. The summed E-state index contributed by atoms with van der Waals surface area (Å²) >= 11 is 0. The Morgan fingerprint density at radius 1 is 1.23 bits per heavy atom. The number of amides is 1. The Kier molecular flexibility index (Phi) is 7.23. The third-order valence-corrected chi connectivity index (χ3v) is 7.45. The van der Waals surface area contributed by atoms with Gasteiger partial charge in [-0.2, -0.15) is 4.31 Å². The fourth-order valence-corrected chi connectivity index (χ4v) is 5.44. The second-order valence-electron chi connectivity index (χ2n) is 7.66. The van der Waals surface area contributed by atoms with Crippen molar-refractivity contribution < 1.29 is 22.7 Å². The molecule has 0 bridgehead atoms. The molecule has 0 N–H and O–H groups in total. The summed E-state index contributed by atoms with van der Waals surface area (Å²) in [6.45, 7) is 4.81. The molecule has 2 aromatic rings. The molecular weight excluding hydrogens is 416 g/mol. The zero-order valence-electron chi connectivity index (χ0n) is 18.5. The van der Waals surface area contributed by atoms with Gasteiger partial charge >= 0.3 is 0 Å². The van der Waals surface area contributed by atoms with Gasteiger partial charge < -0.3 is 14.4 Å². The Balaban J connectivity index is 1.77. The molecular formula is C23H30N2O5S. The van der Waals surface area contributed by atoms with E-state index in [0.717, 1.165) is 5.56 Å². The van der Waals surface area contributed by atoms with Crippen molar-refractivity contribution in [3.63, 3.8) is 0 Å². The molecule has 1 unspecified atom stereocenters. The fraction of sp³-hybridized carbons (Fsp3) is 0.435. The molecule has 1 aliphatic heterocycles. The average Bonchev–Trinajstić information content (AvgIpc) is 2.79. The number of piperidine rings is 1. The molecule has 0 saturated carbocycles. The summed E-state index contributed by atoms with van der Waals surface area (Å²) in [5, 5.41) is 0. The lowest BCUT2D eigenvalue weighted by Gasteiger charge is -2.33. The van der Waals surface area contributed by atoms with Crippen molar-refractivity contribution >= 4 is 21.6 Å². The van der Waals surface area contributed by atoms with Gasteiger partial charge in [-0.3, -0.25) is 4.79 Å². The Hall–Kier alpha value is -2.58. The number of sulfonamides is 1. The van der Waals surface area contributed by atoms with Crippen LogP contribution in [0.4, 0.5) is 5.69 Å². The molecule has 0 aliphatic carbocycles. The van der Waals surface area contributed by atoms with Gasteiger partial charge in [0.2, 0.25) is 15.9 Å². The van der Waals surface area contributed by atoms with E-state index < -0.39 is 15.9 Å². The maximum absolute atomic E-state index is 13.2. The van der Waals surface area contributed by atoms with Crippen LogP contribution in [-0.2, 0) is 14.8 Å². The number of ether oxygens (including phenoxy) is 2. The van der Waals surface area contributed by atoms with Crippen LogP contribution in [0.25, 0.3) is 0 Å². The summed E-state index contributed by atoms with van der Waals surface area (Å²) in [4.78, 5) is 14.9. The van der Waals surface area contributed by atoms with Gasteiger partial charge in [0.1, 0.15) is 11.5 Å². The molecule has 0 spiro atoms. The first-order valence-electron chi connectivity index (χ1n) is 10.4. The zero-order chi connectivity index (χ0) is 22.6. The van der Waals surface area contributed by atoms with Crippen LogP contribution in [0, 0.1) is 12.8 Å². The first-order valence-corrected chi connectivity index (χ1v) is 11.9. The largest absolute Gasteiger partial charge is 0.497 e. The third kappa shape index (κ3) is 5.02. The standard InChI is InChI=1S/C23H30N2O5S/c1-5-30-22-12-11-21(14-17(22)2)31(27,28)25-13-7-8-18(16-25)23(26)24(3)19-9-6-10-20(15-19)29-4/h6,9-12,14-15,18H,5,7-8,13,16H2,1-4H3. The molecule has 1 saturated heterocycles. The normalized spacial score (nSPS) is 17.2. The number of carbonyl (C=O) groups excluding carboxylic acids is 1. The average molecular weight is 447 g/mol. The molecule has 8 heteroatoms. The molecule has 1 atom stereocenters. The summed E-state index contributed by atoms with van der Waals surface area (Å²) in [7, 11) is -0.411. The van der Waals surface area contributed by atoms with Gasteiger partial charge in [-0.05, 0) is 62.6 Å². The molecule has 1 heterocycles. The van der Waals surface area contributed by atoms with Gasteiger partial charge in [-0.1, -0.05) is 6.07 Å². The van der Waals surface area contributed by atoms with Crippen LogP contribution in [0.1, 0.15) is 25.3 Å². The van der Waals surface area contributed by atoms with Crippen LogP contribution in [0.3, 0.4) is 0 Å². The van der Waals surface area contributed by atoms with Crippen molar-refractivity contribution in [1.29, 1.82) is 0 Å². The minimum atomic E-state index is -3.70. The molecule has 7 nitrogen and oxygen atoms in total. The Morgan fingerprint density at radius 2 is 2.00 bits per heavy atom. The maximum atomic E-state index is 13.2. The van der Waals surface area contributed by atoms with Gasteiger partial charge in [0.25, 0.3) is 0 Å². The molecule has 0 aromatic heterocycles. The van der Waals surface area contributed by atoms with Crippen molar-refractivity contribution in [2.45, 2.75) is 31.6 Å². The second kappa shape index (κ2) is 9.70. The molecule has 1 amide bonds. The topological polar surface area (TPSA) is 76.2 Å². The first kappa shape index (κ1) is 23.1. The smallest absolute Gasteiger partial charge is 0.243 e. The monoisotopic (exact) mass is 446 g/mol. The van der Waals surface area contributed by atoms with Crippen LogP contribution in [-0.4, -0.2) is 52.5 Å². The number of hydrogen-bond donors (Lipinski definition) is 0. The van der Waals surface area contributed by atoms with Gasteiger partial charge in [-0.15, -0.1) is 0 Å². The zero-order valence-corrected chi connectivity index (χ0v) is 19.3. The summed E-state index contributed by atoms with van der Waals surface area (Å²) in [5.41, 5.74) is 1.48. The maximum Gasteiger partial charge on any atom is 0.243 e. The lowest BCUT2D eigenvalue weighted by atomic mass is 9.98. The van der Waals surface area contributed by atoms with E-state index in [1.54, 1.807) is 43.3 Å². The highest BCUT2D eigenvalue weighted by atomic mass is 32.2. The van der Waals surface area contributed by atoms with E-state index in [0.29, 0.717) is 43.2 Å². The van der Waals surface area contributed by atoms with Crippen molar-refractivity contribution in [2.75, 3.05) is 38.8 Å². The van der Waals surface area contributed by atoms with Crippen LogP contribution in [0.2, 0.25) is 0 Å². The van der Waals surface area contributed by atoms with E-state index in [1.807, 2.05) is 32.0 Å². The summed E-state index contributed by atoms with van der Waals surface area (Å²) in [6.07, 6.45) is 1.29. The molecule has 31 heavy (non-hydrogen) atoms. The van der Waals surface area contributed by atoms with E-state index in [4.69, 9.17) is 9.47 Å². The van der Waals surface area contributed by atoms with Crippen LogP contribution < -0.4 is 14.4 Å². The van der Waals surface area contributed by atoms with Crippen molar-refractivity contribution in [1.82, 2.24) is 4.31 Å². The van der Waals surface area contributed by atoms with Crippen LogP contribution in [0.15, 0.2) is 47.4 Å². The van der Waals surface area contributed by atoms with Gasteiger partial charge in [0, 0.05) is 31.9 Å². The highest BCUT2D eigenvalue weighted by Gasteiger charge is 2.35. The predicted octanol–water partition coefficient (Wildman–Crippen LogP) is 3.47. The van der Waals surface area contributed by atoms with E-state index in [2.05, 4.69) is 0 Å². The molecule has 1 aliphatic rings. The highest BCUT2D eigenvalue weighted by molar-refractivity contribution is 7.89. The number of aryl methyl sites for hydroxylation is 1. The third-order valence-electron chi connectivity index (χ3n) is 5.59. The minimum Gasteiger partial charge on any atom is -0.497 e. The van der Waals surface area contributed by atoms with Crippen LogP contribution in [0.5, 0.6) is 11.5 Å². The van der Waals surface area contributed by atoms with E-state index in [-0.39, 0.29) is 17.3 Å². The Morgan fingerprint density at radius 3 is 2.68 bits per heavy atom. The first-order chi connectivity index (χ1) is 14.8. The van der Waals surface area contributed by atoms with E-state index in [9.17, 15) is 13.2 Å². The molecule has 0 radical (unpaired) electrons. The Labute approximate surface area is 184 Å². The highest BCUT2D eigenvalue weighted by Crippen LogP contribution is 2.29. The van der Waals surface area contributed by atoms with Gasteiger partial charge in [0.15, 0.2) is 0 Å². The second-order valence-corrected chi connectivity index (χ2v) is 9.60. The summed E-state index contributed by atoms with van der Waals surface area (Å²) in [6, 6.07) is 12.2. The summed E-state index contributed by atoms with van der Waals surface area (Å²) < 4.78 is 38.7. The molecule has 3 rings (SSSR count). The quantitative estimate of drug-likeness (QED) is 0.651. The number of carbonyl (C=O) groups is 1. The minimum absolute atomic E-state index is 0.101. The SMILES string of the molecule is CCOc1ccc(S(=O)(=O)N2CCCC(C(=O)N(C)c3cccc(OC)c3)C2)cc1C. The molecule has 1 fully saturated rings. The number of benzene rings is 2.